The molecule has 4 rings (SSSR count). The Hall–Kier alpha value is -1.64. The smallest absolute Gasteiger partial charge is 0.122 e. The molecule has 0 spiro atoms. The van der Waals surface area contributed by atoms with Gasteiger partial charge in [-0.1, -0.05) is 58.7 Å². The third-order valence-electron chi connectivity index (χ3n) is 6.40. The highest BCUT2D eigenvalue weighted by atomic mass is 16.3. The first kappa shape index (κ1) is 20.6. The summed E-state index contributed by atoms with van der Waals surface area (Å²) in [5, 5.41) is 12.5. The largest absolute Gasteiger partial charge is 0.380 e. The van der Waals surface area contributed by atoms with Crippen molar-refractivity contribution >= 4 is 0 Å². The number of hydrogen-bond donors (Lipinski definition) is 1. The van der Waals surface area contributed by atoms with E-state index in [1.54, 1.807) is 0 Å². The molecule has 151 valence electrons. The Morgan fingerprint density at radius 3 is 1.79 bits per heavy atom. The van der Waals surface area contributed by atoms with Crippen LogP contribution in [0, 0.1) is 58.8 Å². The van der Waals surface area contributed by atoms with Gasteiger partial charge in [0, 0.05) is 17.9 Å². The summed E-state index contributed by atoms with van der Waals surface area (Å²) in [6.07, 6.45) is 8.78. The van der Waals surface area contributed by atoms with E-state index < -0.39 is 5.60 Å². The predicted molar refractivity (Wildman–Crippen MR) is 120 cm³/mol. The Balaban J connectivity index is 1.88. The minimum atomic E-state index is -1.17. The lowest BCUT2D eigenvalue weighted by molar-refractivity contribution is 0.0972. The van der Waals surface area contributed by atoms with Crippen LogP contribution in [0.2, 0.25) is 0 Å². The molecule has 1 heterocycles. The van der Waals surface area contributed by atoms with Gasteiger partial charge in [0.05, 0.1) is 0 Å². The van der Waals surface area contributed by atoms with E-state index in [1.807, 2.05) is 0 Å². The average Bonchev–Trinajstić information content (AvgIpc) is 3.28. The van der Waals surface area contributed by atoms with Crippen molar-refractivity contribution in [1.82, 2.24) is 4.90 Å². The van der Waals surface area contributed by atoms with Crippen molar-refractivity contribution in [2.24, 2.45) is 0 Å². The molecule has 2 aromatic carbocycles. The summed E-state index contributed by atoms with van der Waals surface area (Å²) in [5.74, 6) is 2.28. The first-order valence-corrected chi connectivity index (χ1v) is 10.7. The molecule has 2 fully saturated rings. The van der Waals surface area contributed by atoms with Crippen molar-refractivity contribution in [2.45, 2.75) is 52.2 Å². The molecule has 2 aromatic rings. The van der Waals surface area contributed by atoms with Gasteiger partial charge in [-0.25, -0.2) is 0 Å². The van der Waals surface area contributed by atoms with Gasteiger partial charge in [-0.05, 0) is 84.5 Å². The van der Waals surface area contributed by atoms with E-state index in [2.05, 4.69) is 95.3 Å². The van der Waals surface area contributed by atoms with Crippen LogP contribution < -0.4 is 0 Å². The lowest BCUT2D eigenvalue weighted by Gasteiger charge is -2.41. The molecule has 0 aromatic heterocycles. The third kappa shape index (κ3) is 3.78. The van der Waals surface area contributed by atoms with Crippen molar-refractivity contribution < 1.29 is 5.11 Å². The van der Waals surface area contributed by atoms with Crippen molar-refractivity contribution in [3.63, 3.8) is 0 Å². The number of likely N-dealkylation sites (tertiary alicyclic amines) is 1. The monoisotopic (exact) mass is 386 g/mol. The van der Waals surface area contributed by atoms with Crippen LogP contribution in [0.5, 0.6) is 0 Å². The number of benzene rings is 2. The molecule has 1 aliphatic carbocycles. The van der Waals surface area contributed by atoms with E-state index in [0.717, 1.165) is 30.0 Å². The molecule has 1 aliphatic heterocycles. The highest BCUT2D eigenvalue weighted by molar-refractivity contribution is 5.59. The fourth-order valence-corrected chi connectivity index (χ4v) is 5.20. The van der Waals surface area contributed by atoms with Crippen LogP contribution >= 0.6 is 0 Å². The molecular weight excluding hydrogens is 354 g/mol. The molecule has 2 heteroatoms. The summed E-state index contributed by atoms with van der Waals surface area (Å²) >= 11 is 0. The summed E-state index contributed by atoms with van der Waals surface area (Å²) in [5.41, 5.74) is 5.43. The summed E-state index contributed by atoms with van der Waals surface area (Å²) < 4.78 is 0. The van der Waals surface area contributed by atoms with Gasteiger partial charge in [0.15, 0.2) is 0 Å². The zero-order valence-corrected chi connectivity index (χ0v) is 18.3. The molecule has 2 nitrogen and oxygen atoms in total. The molecule has 1 saturated carbocycles. The highest BCUT2D eigenvalue weighted by Crippen LogP contribution is 2.52. The standard InChI is InChI=1S/C27H32NO/c1-18-12-19(2)15-22(14-18)27(29,23-16-20(3)13-21(4)17-23)25-9-6-8-24(25)26-10-7-11-28(26)5/h6,8-9,12-17,26,29H,7,10-11H2,1-5H3/t26-/m1/s1. The Morgan fingerprint density at radius 1 is 0.828 bits per heavy atom. The van der Waals surface area contributed by atoms with Crippen LogP contribution in [0.1, 0.15) is 46.2 Å². The van der Waals surface area contributed by atoms with E-state index in [0.29, 0.717) is 6.04 Å². The Bertz CT molecular complexity index is 794. The maximum Gasteiger partial charge on any atom is 0.122 e. The van der Waals surface area contributed by atoms with Crippen LogP contribution in [-0.2, 0) is 5.60 Å². The predicted octanol–water partition coefficient (Wildman–Crippen LogP) is 5.03. The van der Waals surface area contributed by atoms with Gasteiger partial charge in [-0.3, -0.25) is 0 Å². The fraction of sp³-hybridized carbons (Fsp3) is 0.370. The molecule has 0 amide bonds. The summed E-state index contributed by atoms with van der Waals surface area (Å²) in [4.78, 5) is 2.42. The van der Waals surface area contributed by atoms with Crippen LogP contribution in [0.25, 0.3) is 0 Å². The molecule has 0 bridgehead atoms. The van der Waals surface area contributed by atoms with Crippen molar-refractivity contribution in [3.8, 4) is 0 Å². The van der Waals surface area contributed by atoms with Gasteiger partial charge in [-0.2, -0.15) is 0 Å². The maximum atomic E-state index is 12.5. The minimum Gasteiger partial charge on any atom is -0.380 e. The second kappa shape index (κ2) is 7.89. The number of aryl methyl sites for hydroxylation is 4. The van der Waals surface area contributed by atoms with Gasteiger partial charge in [-0.15, -0.1) is 0 Å². The SMILES string of the molecule is Cc1cc(C)cc(C(O)([C]2[CH][CH][CH][C]2[C@H]2CCCN2C)c2cc(C)cc(C)c2)c1. The van der Waals surface area contributed by atoms with Gasteiger partial charge >= 0.3 is 0 Å². The topological polar surface area (TPSA) is 23.5 Å². The molecule has 1 N–H and O–H groups in total. The lowest BCUT2D eigenvalue weighted by atomic mass is 9.69. The first-order valence-electron chi connectivity index (χ1n) is 10.7. The Labute approximate surface area is 177 Å². The molecular formula is C27H32NO. The maximum absolute atomic E-state index is 12.5. The third-order valence-corrected chi connectivity index (χ3v) is 6.40. The van der Waals surface area contributed by atoms with Crippen LogP contribution in [0.3, 0.4) is 0 Å². The van der Waals surface area contributed by atoms with E-state index in [1.165, 1.54) is 34.6 Å². The van der Waals surface area contributed by atoms with E-state index >= 15 is 0 Å². The highest BCUT2D eigenvalue weighted by Gasteiger charge is 2.51. The zero-order valence-electron chi connectivity index (χ0n) is 18.3. The van der Waals surface area contributed by atoms with E-state index in [-0.39, 0.29) is 0 Å². The fourth-order valence-electron chi connectivity index (χ4n) is 5.20. The number of hydrogen-bond acceptors (Lipinski definition) is 2. The van der Waals surface area contributed by atoms with Crippen LogP contribution in [-0.4, -0.2) is 29.6 Å². The normalized spacial score (nSPS) is 21.9. The molecule has 2 aliphatic rings. The van der Waals surface area contributed by atoms with Gasteiger partial charge in [0.2, 0.25) is 0 Å². The zero-order chi connectivity index (χ0) is 20.8. The molecule has 0 unspecified atom stereocenters. The lowest BCUT2D eigenvalue weighted by Crippen LogP contribution is -2.42. The number of aliphatic hydroxyl groups is 1. The van der Waals surface area contributed by atoms with Crippen molar-refractivity contribution in [2.75, 3.05) is 13.6 Å². The minimum absolute atomic E-state index is 0.364. The van der Waals surface area contributed by atoms with Gasteiger partial charge in [0.1, 0.15) is 5.60 Å². The average molecular weight is 387 g/mol. The summed E-state index contributed by atoms with van der Waals surface area (Å²) in [7, 11) is 2.20. The Morgan fingerprint density at radius 2 is 1.34 bits per heavy atom. The number of rotatable bonds is 4. The molecule has 5 radical (unpaired) electrons. The second-order valence-electron chi connectivity index (χ2n) is 9.00. The molecule has 1 atom stereocenters. The number of nitrogens with zero attached hydrogens (tertiary/aromatic N) is 1. The van der Waals surface area contributed by atoms with Crippen molar-refractivity contribution in [1.29, 1.82) is 0 Å². The molecule has 29 heavy (non-hydrogen) atoms. The quantitative estimate of drug-likeness (QED) is 0.797. The Kier molecular flexibility index (Phi) is 5.61. The van der Waals surface area contributed by atoms with Crippen LogP contribution in [0.15, 0.2) is 36.4 Å². The van der Waals surface area contributed by atoms with E-state index in [9.17, 15) is 5.11 Å². The van der Waals surface area contributed by atoms with E-state index in [4.69, 9.17) is 0 Å². The summed E-state index contributed by atoms with van der Waals surface area (Å²) in [6, 6.07) is 13.3. The molecule has 1 saturated heterocycles. The van der Waals surface area contributed by atoms with Gasteiger partial charge in [0.25, 0.3) is 0 Å². The first-order chi connectivity index (χ1) is 13.8. The van der Waals surface area contributed by atoms with Crippen LogP contribution in [0.4, 0.5) is 0 Å². The summed E-state index contributed by atoms with van der Waals surface area (Å²) in [6.45, 7) is 9.54. The van der Waals surface area contributed by atoms with Gasteiger partial charge < -0.3 is 10.0 Å². The van der Waals surface area contributed by atoms with Crippen molar-refractivity contribution in [3.05, 3.63) is 101 Å². The second-order valence-corrected chi connectivity index (χ2v) is 9.00.